The molecular formula is C12H11FN2O2. The van der Waals surface area contributed by atoms with Crippen LogP contribution in [-0.2, 0) is 6.42 Å². The van der Waals surface area contributed by atoms with Crippen molar-refractivity contribution in [1.29, 1.82) is 0 Å². The van der Waals surface area contributed by atoms with Crippen molar-refractivity contribution in [2.24, 2.45) is 0 Å². The summed E-state index contributed by atoms with van der Waals surface area (Å²) in [4.78, 5) is 15.1. The lowest BCUT2D eigenvalue weighted by Crippen LogP contribution is -2.25. The van der Waals surface area contributed by atoms with Crippen molar-refractivity contribution in [3.05, 3.63) is 54.0 Å². The molecule has 1 heterocycles. The number of nitrogens with zero attached hydrogens (tertiary/aromatic N) is 1. The molecule has 0 aliphatic rings. The summed E-state index contributed by atoms with van der Waals surface area (Å²) in [6.07, 6.45) is 3.20. The summed E-state index contributed by atoms with van der Waals surface area (Å²) in [5, 5.41) is 2.68. The molecule has 2 rings (SSSR count). The summed E-state index contributed by atoms with van der Waals surface area (Å²) >= 11 is 0. The van der Waals surface area contributed by atoms with Gasteiger partial charge in [0.25, 0.3) is 5.91 Å². The maximum Gasteiger partial charge on any atom is 0.288 e. The zero-order valence-corrected chi connectivity index (χ0v) is 9.02. The number of amides is 1. The Balaban J connectivity index is 1.80. The third-order valence-electron chi connectivity index (χ3n) is 2.27. The summed E-state index contributed by atoms with van der Waals surface area (Å²) in [6, 6.07) is 6.17. The zero-order chi connectivity index (χ0) is 12.1. The van der Waals surface area contributed by atoms with Crippen LogP contribution in [0.15, 0.2) is 41.3 Å². The Morgan fingerprint density at radius 3 is 2.76 bits per heavy atom. The number of halogens is 1. The van der Waals surface area contributed by atoms with Gasteiger partial charge in [-0.2, -0.15) is 0 Å². The van der Waals surface area contributed by atoms with E-state index in [1.807, 2.05) is 0 Å². The fourth-order valence-electron chi connectivity index (χ4n) is 1.39. The average molecular weight is 234 g/mol. The van der Waals surface area contributed by atoms with Crippen LogP contribution >= 0.6 is 0 Å². The van der Waals surface area contributed by atoms with Crippen LogP contribution in [0.5, 0.6) is 0 Å². The van der Waals surface area contributed by atoms with Crippen molar-refractivity contribution in [3.8, 4) is 0 Å². The molecule has 4 nitrogen and oxygen atoms in total. The normalized spacial score (nSPS) is 10.2. The van der Waals surface area contributed by atoms with E-state index in [0.29, 0.717) is 13.0 Å². The minimum absolute atomic E-state index is 0.184. The molecule has 0 aliphatic heterocycles. The van der Waals surface area contributed by atoms with Crippen LogP contribution in [0.3, 0.4) is 0 Å². The molecule has 0 unspecified atom stereocenters. The van der Waals surface area contributed by atoms with Gasteiger partial charge in [0.15, 0.2) is 6.39 Å². The fourth-order valence-corrected chi connectivity index (χ4v) is 1.39. The van der Waals surface area contributed by atoms with Crippen molar-refractivity contribution in [2.45, 2.75) is 6.42 Å². The van der Waals surface area contributed by atoms with Gasteiger partial charge in [-0.05, 0) is 24.1 Å². The van der Waals surface area contributed by atoms with Crippen molar-refractivity contribution in [1.82, 2.24) is 10.3 Å². The van der Waals surface area contributed by atoms with Crippen molar-refractivity contribution in [2.75, 3.05) is 6.54 Å². The maximum absolute atomic E-state index is 12.6. The van der Waals surface area contributed by atoms with Crippen LogP contribution in [0.1, 0.15) is 16.1 Å². The van der Waals surface area contributed by atoms with Gasteiger partial charge in [-0.1, -0.05) is 12.1 Å². The predicted molar refractivity (Wildman–Crippen MR) is 58.9 cm³/mol. The number of nitrogens with one attached hydrogen (secondary N) is 1. The number of hydrogen-bond acceptors (Lipinski definition) is 3. The van der Waals surface area contributed by atoms with Gasteiger partial charge in [0.2, 0.25) is 5.76 Å². The van der Waals surface area contributed by atoms with E-state index in [2.05, 4.69) is 10.3 Å². The predicted octanol–water partition coefficient (Wildman–Crippen LogP) is 1.79. The van der Waals surface area contributed by atoms with Gasteiger partial charge in [0.05, 0.1) is 6.20 Å². The molecule has 0 atom stereocenters. The molecule has 0 bridgehead atoms. The first-order valence-electron chi connectivity index (χ1n) is 5.17. The van der Waals surface area contributed by atoms with Crippen molar-refractivity contribution in [3.63, 3.8) is 0 Å². The van der Waals surface area contributed by atoms with E-state index in [0.717, 1.165) is 5.56 Å². The van der Waals surface area contributed by atoms with Crippen LogP contribution in [0.25, 0.3) is 0 Å². The Bertz CT molecular complexity index is 480. The Morgan fingerprint density at radius 1 is 1.35 bits per heavy atom. The number of aromatic nitrogens is 1. The standard InChI is InChI=1S/C12H11FN2O2/c13-10-3-1-9(2-4-10)5-6-15-12(16)11-7-14-8-17-11/h1-4,7-8H,5-6H2,(H,15,16). The SMILES string of the molecule is O=C(NCCc1ccc(F)cc1)c1cnco1. The number of carbonyl (C=O) groups is 1. The molecule has 1 aromatic heterocycles. The Labute approximate surface area is 97.5 Å². The molecule has 1 N–H and O–H groups in total. The van der Waals surface area contributed by atoms with E-state index in [-0.39, 0.29) is 17.5 Å². The lowest BCUT2D eigenvalue weighted by molar-refractivity contribution is 0.0926. The second-order valence-electron chi connectivity index (χ2n) is 3.50. The Hall–Kier alpha value is -2.17. The number of benzene rings is 1. The van der Waals surface area contributed by atoms with Gasteiger partial charge >= 0.3 is 0 Å². The second-order valence-corrected chi connectivity index (χ2v) is 3.50. The smallest absolute Gasteiger partial charge is 0.288 e. The van der Waals surface area contributed by atoms with Gasteiger partial charge in [-0.25, -0.2) is 9.37 Å². The molecule has 2 aromatic rings. The molecule has 0 spiro atoms. The van der Waals surface area contributed by atoms with E-state index >= 15 is 0 Å². The quantitative estimate of drug-likeness (QED) is 0.877. The highest BCUT2D eigenvalue weighted by molar-refractivity contribution is 5.90. The van der Waals surface area contributed by atoms with Gasteiger partial charge in [0.1, 0.15) is 5.82 Å². The van der Waals surface area contributed by atoms with Gasteiger partial charge < -0.3 is 9.73 Å². The van der Waals surface area contributed by atoms with E-state index in [1.54, 1.807) is 12.1 Å². The average Bonchev–Trinajstić information content (AvgIpc) is 2.85. The monoisotopic (exact) mass is 234 g/mol. The largest absolute Gasteiger partial charge is 0.438 e. The molecule has 1 amide bonds. The highest BCUT2D eigenvalue weighted by Crippen LogP contribution is 2.03. The van der Waals surface area contributed by atoms with Crippen LogP contribution in [0, 0.1) is 5.82 Å². The van der Waals surface area contributed by atoms with Crippen LogP contribution in [0.4, 0.5) is 4.39 Å². The third kappa shape index (κ3) is 3.14. The topological polar surface area (TPSA) is 55.1 Å². The Morgan fingerprint density at radius 2 is 2.12 bits per heavy atom. The summed E-state index contributed by atoms with van der Waals surface area (Å²) in [7, 11) is 0. The van der Waals surface area contributed by atoms with Gasteiger partial charge in [-0.15, -0.1) is 0 Å². The molecule has 0 radical (unpaired) electrons. The molecule has 17 heavy (non-hydrogen) atoms. The number of rotatable bonds is 4. The van der Waals surface area contributed by atoms with E-state index in [1.165, 1.54) is 24.7 Å². The van der Waals surface area contributed by atoms with Gasteiger partial charge in [0, 0.05) is 6.54 Å². The van der Waals surface area contributed by atoms with Gasteiger partial charge in [-0.3, -0.25) is 4.79 Å². The molecule has 88 valence electrons. The number of hydrogen-bond donors (Lipinski definition) is 1. The highest BCUT2D eigenvalue weighted by Gasteiger charge is 2.07. The molecule has 0 saturated carbocycles. The third-order valence-corrected chi connectivity index (χ3v) is 2.27. The zero-order valence-electron chi connectivity index (χ0n) is 9.02. The first-order chi connectivity index (χ1) is 8.25. The minimum Gasteiger partial charge on any atom is -0.438 e. The first-order valence-corrected chi connectivity index (χ1v) is 5.17. The minimum atomic E-state index is -0.301. The van der Waals surface area contributed by atoms with Crippen LogP contribution in [0.2, 0.25) is 0 Å². The van der Waals surface area contributed by atoms with Crippen LogP contribution < -0.4 is 5.32 Å². The molecule has 0 saturated heterocycles. The molecule has 0 aliphatic carbocycles. The summed E-state index contributed by atoms with van der Waals surface area (Å²) in [6.45, 7) is 0.463. The second kappa shape index (κ2) is 5.25. The van der Waals surface area contributed by atoms with E-state index < -0.39 is 0 Å². The highest BCUT2D eigenvalue weighted by atomic mass is 19.1. The lowest BCUT2D eigenvalue weighted by atomic mass is 10.1. The fraction of sp³-hybridized carbons (Fsp3) is 0.167. The number of carbonyl (C=O) groups excluding carboxylic acids is 1. The summed E-state index contributed by atoms with van der Waals surface area (Å²) in [5.41, 5.74) is 0.962. The summed E-state index contributed by atoms with van der Waals surface area (Å²) in [5.74, 6) is -0.381. The maximum atomic E-state index is 12.6. The lowest BCUT2D eigenvalue weighted by Gasteiger charge is -2.03. The molecule has 1 aromatic carbocycles. The molecule has 5 heteroatoms. The number of oxazole rings is 1. The molecular weight excluding hydrogens is 223 g/mol. The first kappa shape index (κ1) is 11.3. The summed E-state index contributed by atoms with van der Waals surface area (Å²) < 4.78 is 17.5. The van der Waals surface area contributed by atoms with Crippen molar-refractivity contribution < 1.29 is 13.6 Å². The van der Waals surface area contributed by atoms with Crippen molar-refractivity contribution >= 4 is 5.91 Å². The Kier molecular flexibility index (Phi) is 3.49. The van der Waals surface area contributed by atoms with E-state index in [9.17, 15) is 9.18 Å². The van der Waals surface area contributed by atoms with Crippen LogP contribution in [-0.4, -0.2) is 17.4 Å². The molecule has 0 fully saturated rings. The van der Waals surface area contributed by atoms with E-state index in [4.69, 9.17) is 4.42 Å².